The SMILES string of the molecule is COc1ccc(-n2nc(C)c(C)c2Nc2ccnc(Cc3cc(OC)c(OC)c(OC)c3)n2)cc1. The number of rotatable bonds is 9. The molecule has 0 atom stereocenters. The number of anilines is 2. The Bertz CT molecular complexity index is 1290. The van der Waals surface area contributed by atoms with Gasteiger partial charge in [0.2, 0.25) is 5.75 Å². The zero-order valence-corrected chi connectivity index (χ0v) is 20.7. The van der Waals surface area contributed by atoms with Crippen molar-refractivity contribution < 1.29 is 18.9 Å². The molecule has 9 nitrogen and oxygen atoms in total. The van der Waals surface area contributed by atoms with E-state index < -0.39 is 0 Å². The molecule has 9 heteroatoms. The highest BCUT2D eigenvalue weighted by Crippen LogP contribution is 2.38. The molecule has 0 amide bonds. The summed E-state index contributed by atoms with van der Waals surface area (Å²) in [4.78, 5) is 9.19. The average molecular weight is 476 g/mol. The van der Waals surface area contributed by atoms with E-state index in [9.17, 15) is 0 Å². The Morgan fingerprint density at radius 1 is 0.857 bits per heavy atom. The van der Waals surface area contributed by atoms with Crippen molar-refractivity contribution in [2.75, 3.05) is 33.8 Å². The third-order valence-electron chi connectivity index (χ3n) is 5.72. The van der Waals surface area contributed by atoms with Gasteiger partial charge in [0, 0.05) is 18.2 Å². The van der Waals surface area contributed by atoms with Crippen molar-refractivity contribution in [1.29, 1.82) is 0 Å². The number of aryl methyl sites for hydroxylation is 1. The van der Waals surface area contributed by atoms with Crippen LogP contribution < -0.4 is 24.3 Å². The van der Waals surface area contributed by atoms with Gasteiger partial charge in [0.15, 0.2) is 11.5 Å². The number of hydrogen-bond acceptors (Lipinski definition) is 8. The van der Waals surface area contributed by atoms with Crippen LogP contribution in [0, 0.1) is 13.8 Å². The molecular weight excluding hydrogens is 446 g/mol. The minimum Gasteiger partial charge on any atom is -0.497 e. The van der Waals surface area contributed by atoms with Crippen LogP contribution in [0.15, 0.2) is 48.7 Å². The number of ether oxygens (including phenoxy) is 4. The second kappa shape index (κ2) is 10.3. The van der Waals surface area contributed by atoms with Crippen LogP contribution in [-0.2, 0) is 6.42 Å². The molecule has 35 heavy (non-hydrogen) atoms. The Hall–Kier alpha value is -4.27. The first-order valence-corrected chi connectivity index (χ1v) is 11.1. The molecule has 0 saturated carbocycles. The fourth-order valence-corrected chi connectivity index (χ4v) is 3.76. The van der Waals surface area contributed by atoms with E-state index in [2.05, 4.69) is 10.3 Å². The van der Waals surface area contributed by atoms with Gasteiger partial charge in [0.05, 0.1) is 39.8 Å². The fraction of sp³-hybridized carbons (Fsp3) is 0.269. The highest BCUT2D eigenvalue weighted by atomic mass is 16.5. The Labute approximate surface area is 204 Å². The van der Waals surface area contributed by atoms with Crippen molar-refractivity contribution >= 4 is 11.6 Å². The van der Waals surface area contributed by atoms with Crippen molar-refractivity contribution in [2.45, 2.75) is 20.3 Å². The first-order chi connectivity index (χ1) is 17.0. The van der Waals surface area contributed by atoms with Crippen molar-refractivity contribution in [1.82, 2.24) is 19.7 Å². The molecule has 0 aliphatic heterocycles. The Balaban J connectivity index is 1.63. The Morgan fingerprint density at radius 2 is 1.54 bits per heavy atom. The van der Waals surface area contributed by atoms with Crippen LogP contribution in [-0.4, -0.2) is 48.2 Å². The van der Waals surface area contributed by atoms with Crippen LogP contribution >= 0.6 is 0 Å². The van der Waals surface area contributed by atoms with Gasteiger partial charge >= 0.3 is 0 Å². The quantitative estimate of drug-likeness (QED) is 0.374. The van der Waals surface area contributed by atoms with Crippen LogP contribution in [0.2, 0.25) is 0 Å². The lowest BCUT2D eigenvalue weighted by Crippen LogP contribution is -2.06. The van der Waals surface area contributed by atoms with E-state index in [1.165, 1.54) is 0 Å². The maximum Gasteiger partial charge on any atom is 0.203 e. The predicted octanol–water partition coefficient (Wildman–Crippen LogP) is 4.65. The van der Waals surface area contributed by atoms with Crippen LogP contribution in [0.1, 0.15) is 22.6 Å². The molecule has 0 unspecified atom stereocenters. The number of hydrogen-bond donors (Lipinski definition) is 1. The van der Waals surface area contributed by atoms with E-state index in [0.717, 1.165) is 34.1 Å². The zero-order valence-electron chi connectivity index (χ0n) is 20.7. The fourth-order valence-electron chi connectivity index (χ4n) is 3.76. The molecule has 182 valence electrons. The summed E-state index contributed by atoms with van der Waals surface area (Å²) < 4.78 is 23.5. The highest BCUT2D eigenvalue weighted by Gasteiger charge is 2.16. The van der Waals surface area contributed by atoms with Crippen molar-refractivity contribution in [2.24, 2.45) is 0 Å². The van der Waals surface area contributed by atoms with Crippen LogP contribution in [0.25, 0.3) is 5.69 Å². The molecule has 0 aliphatic carbocycles. The number of nitrogens with one attached hydrogen (secondary N) is 1. The number of aromatic nitrogens is 4. The zero-order chi connectivity index (χ0) is 24.9. The van der Waals surface area contributed by atoms with Crippen molar-refractivity contribution in [3.05, 3.63) is 71.3 Å². The van der Waals surface area contributed by atoms with Crippen molar-refractivity contribution in [3.63, 3.8) is 0 Å². The first-order valence-electron chi connectivity index (χ1n) is 11.1. The van der Waals surface area contributed by atoms with E-state index in [4.69, 9.17) is 29.0 Å². The molecular formula is C26H29N5O4. The number of methoxy groups -OCH3 is 4. The lowest BCUT2D eigenvalue weighted by molar-refractivity contribution is 0.324. The summed E-state index contributed by atoms with van der Waals surface area (Å²) in [5.74, 6) is 4.67. The minimum absolute atomic E-state index is 0.488. The summed E-state index contributed by atoms with van der Waals surface area (Å²) in [6.07, 6.45) is 2.22. The summed E-state index contributed by atoms with van der Waals surface area (Å²) >= 11 is 0. The molecule has 0 saturated heterocycles. The summed E-state index contributed by atoms with van der Waals surface area (Å²) in [6, 6.07) is 13.4. The van der Waals surface area contributed by atoms with Crippen LogP contribution in [0.5, 0.6) is 23.0 Å². The van der Waals surface area contributed by atoms with Gasteiger partial charge in [-0.2, -0.15) is 5.10 Å². The predicted molar refractivity (Wildman–Crippen MR) is 134 cm³/mol. The molecule has 2 heterocycles. The van der Waals surface area contributed by atoms with E-state index >= 15 is 0 Å². The Morgan fingerprint density at radius 3 is 2.14 bits per heavy atom. The minimum atomic E-state index is 0.488. The molecule has 2 aromatic carbocycles. The van der Waals surface area contributed by atoms with Gasteiger partial charge in [-0.05, 0) is 61.9 Å². The third-order valence-corrected chi connectivity index (χ3v) is 5.72. The summed E-state index contributed by atoms with van der Waals surface area (Å²) in [6.45, 7) is 4.01. The summed E-state index contributed by atoms with van der Waals surface area (Å²) in [5, 5.41) is 8.13. The molecule has 1 N–H and O–H groups in total. The van der Waals surface area contributed by atoms with Gasteiger partial charge in [-0.25, -0.2) is 14.6 Å². The monoisotopic (exact) mass is 475 g/mol. The van der Waals surface area contributed by atoms with Gasteiger partial charge in [0.1, 0.15) is 23.2 Å². The second-order valence-electron chi connectivity index (χ2n) is 7.86. The van der Waals surface area contributed by atoms with Gasteiger partial charge in [0.25, 0.3) is 0 Å². The third kappa shape index (κ3) is 4.98. The molecule has 4 aromatic rings. The molecule has 0 bridgehead atoms. The normalized spacial score (nSPS) is 10.7. The lowest BCUT2D eigenvalue weighted by atomic mass is 10.1. The molecule has 4 rings (SSSR count). The molecule has 0 fully saturated rings. The maximum atomic E-state index is 5.47. The van der Waals surface area contributed by atoms with Crippen molar-refractivity contribution in [3.8, 4) is 28.7 Å². The topological polar surface area (TPSA) is 92.6 Å². The molecule has 0 radical (unpaired) electrons. The summed E-state index contributed by atoms with van der Waals surface area (Å²) in [5.41, 5.74) is 3.81. The van der Waals surface area contributed by atoms with Crippen LogP contribution in [0.4, 0.5) is 11.6 Å². The van der Waals surface area contributed by atoms with Crippen LogP contribution in [0.3, 0.4) is 0 Å². The highest BCUT2D eigenvalue weighted by molar-refractivity contribution is 5.61. The van der Waals surface area contributed by atoms with E-state index in [-0.39, 0.29) is 0 Å². The average Bonchev–Trinajstić information content (AvgIpc) is 3.16. The van der Waals surface area contributed by atoms with Gasteiger partial charge in [-0.3, -0.25) is 0 Å². The van der Waals surface area contributed by atoms with Gasteiger partial charge < -0.3 is 24.3 Å². The second-order valence-corrected chi connectivity index (χ2v) is 7.86. The lowest BCUT2D eigenvalue weighted by Gasteiger charge is -2.14. The maximum absolute atomic E-state index is 5.47. The Kier molecular flexibility index (Phi) is 7.05. The standard InChI is InChI=1S/C26H29N5O4/c1-16-17(2)30-31(19-7-9-20(32-3)10-8-19)26(16)29-23-11-12-27-24(28-23)15-18-13-21(33-4)25(35-6)22(14-18)34-5/h7-14H,15H2,1-6H3,(H,27,28,29). The first kappa shape index (κ1) is 23.9. The van der Waals surface area contributed by atoms with Gasteiger partial charge in [-0.15, -0.1) is 0 Å². The number of benzene rings is 2. The van der Waals surface area contributed by atoms with Gasteiger partial charge in [-0.1, -0.05) is 0 Å². The smallest absolute Gasteiger partial charge is 0.203 e. The molecule has 0 spiro atoms. The van der Waals surface area contributed by atoms with E-state index in [0.29, 0.717) is 35.3 Å². The molecule has 0 aliphatic rings. The number of nitrogens with zero attached hydrogens (tertiary/aromatic N) is 4. The summed E-state index contributed by atoms with van der Waals surface area (Å²) in [7, 11) is 6.42. The largest absolute Gasteiger partial charge is 0.497 e. The molecule has 2 aromatic heterocycles. The van der Waals surface area contributed by atoms with E-state index in [1.54, 1.807) is 34.6 Å². The van der Waals surface area contributed by atoms with E-state index in [1.807, 2.05) is 61.0 Å².